The summed E-state index contributed by atoms with van der Waals surface area (Å²) in [7, 11) is 0. The fraction of sp³-hybridized carbons (Fsp3) is 0.600. The average molecular weight is 286 g/mol. The van der Waals surface area contributed by atoms with Gasteiger partial charge in [-0.25, -0.2) is 13.2 Å². The lowest BCUT2D eigenvalue weighted by atomic mass is 9.90. The number of anilines is 1. The molecule has 112 valence electrons. The molecule has 1 fully saturated rings. The zero-order chi connectivity index (χ0) is 14.7. The monoisotopic (exact) mass is 286 g/mol. The van der Waals surface area contributed by atoms with E-state index in [-0.39, 0.29) is 11.7 Å². The second-order valence-corrected chi connectivity index (χ2v) is 5.45. The van der Waals surface area contributed by atoms with Crippen molar-refractivity contribution in [3.05, 3.63) is 29.6 Å². The summed E-state index contributed by atoms with van der Waals surface area (Å²) >= 11 is 0. The average Bonchev–Trinajstić information content (AvgIpc) is 2.42. The first-order chi connectivity index (χ1) is 9.51. The van der Waals surface area contributed by atoms with Crippen molar-refractivity contribution in [1.82, 2.24) is 4.90 Å². The van der Waals surface area contributed by atoms with Gasteiger partial charge in [0.1, 0.15) is 11.5 Å². The first-order valence-electron chi connectivity index (χ1n) is 7.14. The van der Waals surface area contributed by atoms with Crippen LogP contribution in [0.15, 0.2) is 12.1 Å². The van der Waals surface area contributed by atoms with Crippen molar-refractivity contribution in [3.8, 4) is 0 Å². The number of halogens is 3. The van der Waals surface area contributed by atoms with Gasteiger partial charge >= 0.3 is 0 Å². The number of nitrogens with one attached hydrogen (secondary N) is 1. The van der Waals surface area contributed by atoms with Crippen LogP contribution in [0.2, 0.25) is 0 Å². The Hall–Kier alpha value is -1.23. The molecule has 1 unspecified atom stereocenters. The molecule has 0 radical (unpaired) electrons. The van der Waals surface area contributed by atoms with Crippen LogP contribution < -0.4 is 5.32 Å². The van der Waals surface area contributed by atoms with Crippen molar-refractivity contribution in [2.75, 3.05) is 25.0 Å². The maximum absolute atomic E-state index is 13.6. The van der Waals surface area contributed by atoms with Gasteiger partial charge in [0.2, 0.25) is 0 Å². The molecular weight excluding hydrogens is 265 g/mol. The quantitative estimate of drug-likeness (QED) is 0.909. The number of likely N-dealkylation sites (tertiary alicyclic amines) is 1. The molecule has 1 heterocycles. The van der Waals surface area contributed by atoms with Gasteiger partial charge in [-0.3, -0.25) is 0 Å². The van der Waals surface area contributed by atoms with Crippen molar-refractivity contribution in [1.29, 1.82) is 0 Å². The third-order valence-electron chi connectivity index (χ3n) is 4.17. The third-order valence-corrected chi connectivity index (χ3v) is 4.17. The second kappa shape index (κ2) is 6.48. The summed E-state index contributed by atoms with van der Waals surface area (Å²) < 4.78 is 40.1. The van der Waals surface area contributed by atoms with Crippen LogP contribution in [0.1, 0.15) is 26.7 Å². The number of hydrogen-bond donors (Lipinski definition) is 1. The highest BCUT2D eigenvalue weighted by molar-refractivity contribution is 5.47. The molecular formula is C15H21F3N2. The minimum absolute atomic E-state index is 0.0385. The smallest absolute Gasteiger partial charge is 0.152 e. The van der Waals surface area contributed by atoms with Gasteiger partial charge in [0.25, 0.3) is 0 Å². The van der Waals surface area contributed by atoms with E-state index in [2.05, 4.69) is 17.1 Å². The largest absolute Gasteiger partial charge is 0.378 e. The van der Waals surface area contributed by atoms with E-state index in [4.69, 9.17) is 0 Å². The normalized spacial score (nSPS) is 19.1. The number of piperidine rings is 1. The Bertz CT molecular complexity index is 433. The molecule has 1 aliphatic heterocycles. The molecule has 5 heteroatoms. The Morgan fingerprint density at radius 1 is 1.20 bits per heavy atom. The fourth-order valence-corrected chi connectivity index (χ4v) is 2.79. The molecule has 2 nitrogen and oxygen atoms in total. The Kier molecular flexibility index (Phi) is 4.91. The van der Waals surface area contributed by atoms with Gasteiger partial charge in [0.15, 0.2) is 11.6 Å². The highest BCUT2D eigenvalue weighted by Gasteiger charge is 2.24. The highest BCUT2D eigenvalue weighted by Crippen LogP contribution is 2.26. The Balaban J connectivity index is 2.00. The standard InChI is InChI=1S/C15H21F3N2/c1-3-20-6-4-11(5-7-20)10(2)19-15-13(17)8-12(16)9-14(15)18/h8-11,19H,3-7H2,1-2H3. The van der Waals surface area contributed by atoms with Crippen LogP contribution in [0.25, 0.3) is 0 Å². The van der Waals surface area contributed by atoms with Crippen LogP contribution in [0.5, 0.6) is 0 Å². The number of benzene rings is 1. The number of rotatable bonds is 4. The van der Waals surface area contributed by atoms with Gasteiger partial charge in [-0.1, -0.05) is 6.92 Å². The summed E-state index contributed by atoms with van der Waals surface area (Å²) in [4.78, 5) is 2.36. The number of hydrogen-bond acceptors (Lipinski definition) is 2. The third kappa shape index (κ3) is 3.45. The van der Waals surface area contributed by atoms with Crippen molar-refractivity contribution >= 4 is 5.69 Å². The molecule has 1 N–H and O–H groups in total. The van der Waals surface area contributed by atoms with Gasteiger partial charge in [-0.05, 0) is 45.3 Å². The van der Waals surface area contributed by atoms with Crippen LogP contribution in [-0.4, -0.2) is 30.6 Å². The van der Waals surface area contributed by atoms with Crippen molar-refractivity contribution in [2.24, 2.45) is 5.92 Å². The topological polar surface area (TPSA) is 15.3 Å². The van der Waals surface area contributed by atoms with E-state index in [1.54, 1.807) is 0 Å². The lowest BCUT2D eigenvalue weighted by molar-refractivity contribution is 0.183. The minimum Gasteiger partial charge on any atom is -0.378 e. The predicted octanol–water partition coefficient (Wildman–Crippen LogP) is 3.64. The van der Waals surface area contributed by atoms with E-state index in [9.17, 15) is 13.2 Å². The fourth-order valence-electron chi connectivity index (χ4n) is 2.79. The van der Waals surface area contributed by atoms with Crippen LogP contribution in [0.4, 0.5) is 18.9 Å². The molecule has 20 heavy (non-hydrogen) atoms. The Morgan fingerprint density at radius 3 is 2.25 bits per heavy atom. The molecule has 1 aromatic carbocycles. The first-order valence-corrected chi connectivity index (χ1v) is 7.14. The Morgan fingerprint density at radius 2 is 1.75 bits per heavy atom. The van der Waals surface area contributed by atoms with Crippen LogP contribution in [-0.2, 0) is 0 Å². The highest BCUT2D eigenvalue weighted by atomic mass is 19.1. The van der Waals surface area contributed by atoms with Crippen LogP contribution in [0.3, 0.4) is 0 Å². The minimum atomic E-state index is -0.894. The summed E-state index contributed by atoms with van der Waals surface area (Å²) in [6.07, 6.45) is 2.01. The molecule has 1 atom stereocenters. The SMILES string of the molecule is CCN1CCC(C(C)Nc2c(F)cc(F)cc2F)CC1. The van der Waals surface area contributed by atoms with Crippen molar-refractivity contribution in [3.63, 3.8) is 0 Å². The predicted molar refractivity (Wildman–Crippen MR) is 74.2 cm³/mol. The van der Waals surface area contributed by atoms with E-state index in [0.29, 0.717) is 18.1 Å². The van der Waals surface area contributed by atoms with E-state index in [1.807, 2.05) is 6.92 Å². The molecule has 0 amide bonds. The van der Waals surface area contributed by atoms with Gasteiger partial charge < -0.3 is 10.2 Å². The van der Waals surface area contributed by atoms with Gasteiger partial charge in [-0.2, -0.15) is 0 Å². The van der Waals surface area contributed by atoms with E-state index >= 15 is 0 Å². The van der Waals surface area contributed by atoms with E-state index < -0.39 is 17.5 Å². The van der Waals surface area contributed by atoms with Crippen molar-refractivity contribution in [2.45, 2.75) is 32.7 Å². The molecule has 1 aromatic rings. The number of nitrogens with zero attached hydrogens (tertiary/aromatic N) is 1. The summed E-state index contributed by atoms with van der Waals surface area (Å²) in [5, 5.41) is 2.87. The molecule has 1 aliphatic rings. The summed E-state index contributed by atoms with van der Waals surface area (Å²) in [5.74, 6) is -2.27. The second-order valence-electron chi connectivity index (χ2n) is 5.45. The summed E-state index contributed by atoms with van der Waals surface area (Å²) in [6, 6.07) is 1.37. The van der Waals surface area contributed by atoms with Crippen LogP contribution >= 0.6 is 0 Å². The first kappa shape index (κ1) is 15.2. The lowest BCUT2D eigenvalue weighted by Gasteiger charge is -2.35. The van der Waals surface area contributed by atoms with Gasteiger partial charge in [0.05, 0.1) is 0 Å². The maximum atomic E-state index is 13.6. The zero-order valence-electron chi connectivity index (χ0n) is 11.9. The zero-order valence-corrected chi connectivity index (χ0v) is 11.9. The van der Waals surface area contributed by atoms with Crippen LogP contribution in [0, 0.1) is 23.4 Å². The van der Waals surface area contributed by atoms with Gasteiger partial charge in [-0.15, -0.1) is 0 Å². The molecule has 0 aromatic heterocycles. The van der Waals surface area contributed by atoms with E-state index in [0.717, 1.165) is 32.5 Å². The van der Waals surface area contributed by atoms with Gasteiger partial charge in [0, 0.05) is 18.2 Å². The molecule has 0 bridgehead atoms. The Labute approximate surface area is 118 Å². The van der Waals surface area contributed by atoms with Crippen molar-refractivity contribution < 1.29 is 13.2 Å². The molecule has 0 aliphatic carbocycles. The molecule has 2 rings (SSSR count). The van der Waals surface area contributed by atoms with E-state index in [1.165, 1.54) is 0 Å². The lowest BCUT2D eigenvalue weighted by Crippen LogP contribution is -2.39. The summed E-state index contributed by atoms with van der Waals surface area (Å²) in [6.45, 7) is 7.12. The summed E-state index contributed by atoms with van der Waals surface area (Å²) in [5.41, 5.74) is -0.225. The maximum Gasteiger partial charge on any atom is 0.152 e. The molecule has 1 saturated heterocycles. The molecule has 0 saturated carbocycles. The molecule has 0 spiro atoms.